The van der Waals surface area contributed by atoms with E-state index in [2.05, 4.69) is 25.0 Å². The maximum atomic E-state index is 4.18. The van der Waals surface area contributed by atoms with Crippen LogP contribution >= 0.6 is 0 Å². The Kier molecular flexibility index (Phi) is 1.22. The molecule has 0 N–H and O–H groups in total. The van der Waals surface area contributed by atoms with Crippen LogP contribution < -0.4 is 0 Å². The molecule has 0 atom stereocenters. The standard InChI is InChI=1S/C9H10N2/c1-7-3-5-10-11-6-4-8(2)9(7)11/h3-6H,1-2H3. The van der Waals surface area contributed by atoms with Crippen LogP contribution in [-0.2, 0) is 0 Å². The third-order valence-corrected chi connectivity index (χ3v) is 1.96. The lowest BCUT2D eigenvalue weighted by Crippen LogP contribution is -1.90. The summed E-state index contributed by atoms with van der Waals surface area (Å²) >= 11 is 0. The van der Waals surface area contributed by atoms with E-state index in [4.69, 9.17) is 0 Å². The van der Waals surface area contributed by atoms with Crippen LogP contribution in [0.25, 0.3) is 5.52 Å². The summed E-state index contributed by atoms with van der Waals surface area (Å²) in [5.74, 6) is 0. The van der Waals surface area contributed by atoms with E-state index in [-0.39, 0.29) is 0 Å². The number of fused-ring (bicyclic) bond motifs is 1. The van der Waals surface area contributed by atoms with E-state index in [1.54, 1.807) is 0 Å². The van der Waals surface area contributed by atoms with Gasteiger partial charge in [0.15, 0.2) is 0 Å². The molecular formula is C9H10N2. The Balaban J connectivity index is 2.96. The van der Waals surface area contributed by atoms with Gasteiger partial charge in [-0.3, -0.25) is 0 Å². The summed E-state index contributed by atoms with van der Waals surface area (Å²) in [5, 5.41) is 4.18. The summed E-state index contributed by atoms with van der Waals surface area (Å²) in [6.07, 6.45) is 3.80. The van der Waals surface area contributed by atoms with Crippen molar-refractivity contribution in [3.05, 3.63) is 35.7 Å². The van der Waals surface area contributed by atoms with Gasteiger partial charge in [-0.1, -0.05) is 0 Å². The zero-order chi connectivity index (χ0) is 7.84. The highest BCUT2D eigenvalue weighted by molar-refractivity contribution is 5.59. The second kappa shape index (κ2) is 2.09. The first kappa shape index (κ1) is 6.40. The summed E-state index contributed by atoms with van der Waals surface area (Å²) < 4.78 is 1.91. The Morgan fingerprint density at radius 1 is 1.18 bits per heavy atom. The SMILES string of the molecule is Cc1ccnn2ccc(C)c12. The molecule has 0 saturated carbocycles. The smallest absolute Gasteiger partial charge is 0.0704 e. The highest BCUT2D eigenvalue weighted by Gasteiger charge is 1.99. The predicted molar refractivity (Wildman–Crippen MR) is 44.7 cm³/mol. The van der Waals surface area contributed by atoms with E-state index in [9.17, 15) is 0 Å². The molecule has 0 spiro atoms. The topological polar surface area (TPSA) is 17.3 Å². The summed E-state index contributed by atoms with van der Waals surface area (Å²) in [6, 6.07) is 4.11. The largest absolute Gasteiger partial charge is 0.241 e. The van der Waals surface area contributed by atoms with Gasteiger partial charge in [-0.05, 0) is 37.1 Å². The number of nitrogens with zero attached hydrogens (tertiary/aromatic N) is 2. The lowest BCUT2D eigenvalue weighted by molar-refractivity contribution is 0.932. The Morgan fingerprint density at radius 3 is 2.64 bits per heavy atom. The lowest BCUT2D eigenvalue weighted by atomic mass is 10.2. The fraction of sp³-hybridized carbons (Fsp3) is 0.222. The van der Waals surface area contributed by atoms with Gasteiger partial charge in [-0.25, -0.2) is 4.52 Å². The van der Waals surface area contributed by atoms with E-state index >= 15 is 0 Å². The Labute approximate surface area is 65.5 Å². The Morgan fingerprint density at radius 2 is 1.91 bits per heavy atom. The molecule has 0 aromatic carbocycles. The molecular weight excluding hydrogens is 136 g/mol. The molecule has 2 aromatic heterocycles. The molecule has 0 fully saturated rings. The van der Waals surface area contributed by atoms with Crippen molar-refractivity contribution in [3.63, 3.8) is 0 Å². The van der Waals surface area contributed by atoms with Gasteiger partial charge in [0, 0.05) is 12.4 Å². The van der Waals surface area contributed by atoms with Crippen LogP contribution in [0.2, 0.25) is 0 Å². The van der Waals surface area contributed by atoms with Crippen molar-refractivity contribution in [1.29, 1.82) is 0 Å². The van der Waals surface area contributed by atoms with Crippen LogP contribution in [0.3, 0.4) is 0 Å². The van der Waals surface area contributed by atoms with Crippen LogP contribution in [0.15, 0.2) is 24.5 Å². The Bertz CT molecular complexity index is 387. The van der Waals surface area contributed by atoms with Gasteiger partial charge in [-0.15, -0.1) is 0 Å². The van der Waals surface area contributed by atoms with Gasteiger partial charge in [-0.2, -0.15) is 5.10 Å². The van der Waals surface area contributed by atoms with Crippen LogP contribution in [0.1, 0.15) is 11.1 Å². The van der Waals surface area contributed by atoms with E-state index in [0.717, 1.165) is 0 Å². The fourth-order valence-corrected chi connectivity index (χ4v) is 1.40. The van der Waals surface area contributed by atoms with Crippen molar-refractivity contribution in [2.45, 2.75) is 13.8 Å². The van der Waals surface area contributed by atoms with Crippen molar-refractivity contribution in [2.24, 2.45) is 0 Å². The third kappa shape index (κ3) is 0.827. The molecule has 0 amide bonds. The average molecular weight is 146 g/mol. The van der Waals surface area contributed by atoms with Gasteiger partial charge in [0.25, 0.3) is 0 Å². The van der Waals surface area contributed by atoms with Crippen LogP contribution in [0, 0.1) is 13.8 Å². The van der Waals surface area contributed by atoms with Gasteiger partial charge in [0.2, 0.25) is 0 Å². The molecule has 2 heterocycles. The van der Waals surface area contributed by atoms with Gasteiger partial charge >= 0.3 is 0 Å². The number of hydrogen-bond donors (Lipinski definition) is 0. The number of aromatic nitrogens is 2. The van der Waals surface area contributed by atoms with Gasteiger partial charge in [0.1, 0.15) is 0 Å². The molecule has 56 valence electrons. The minimum Gasteiger partial charge on any atom is -0.241 e. The molecule has 0 saturated heterocycles. The fourth-order valence-electron chi connectivity index (χ4n) is 1.40. The van der Waals surface area contributed by atoms with Crippen molar-refractivity contribution in [1.82, 2.24) is 9.61 Å². The van der Waals surface area contributed by atoms with E-state index in [1.807, 2.05) is 23.0 Å². The number of rotatable bonds is 0. The molecule has 0 aliphatic rings. The molecule has 0 bridgehead atoms. The predicted octanol–water partition coefficient (Wildman–Crippen LogP) is 1.95. The zero-order valence-corrected chi connectivity index (χ0v) is 6.70. The van der Waals surface area contributed by atoms with Crippen LogP contribution in [0.5, 0.6) is 0 Å². The quantitative estimate of drug-likeness (QED) is 0.555. The molecule has 2 heteroatoms. The maximum absolute atomic E-state index is 4.18. The summed E-state index contributed by atoms with van der Waals surface area (Å²) in [7, 11) is 0. The first-order valence-corrected chi connectivity index (χ1v) is 3.68. The first-order chi connectivity index (χ1) is 5.29. The number of hydrogen-bond acceptors (Lipinski definition) is 1. The molecule has 0 aliphatic heterocycles. The molecule has 0 unspecified atom stereocenters. The van der Waals surface area contributed by atoms with Crippen molar-refractivity contribution >= 4 is 5.52 Å². The molecule has 2 nitrogen and oxygen atoms in total. The monoisotopic (exact) mass is 146 g/mol. The minimum absolute atomic E-state index is 1.23. The van der Waals surface area contributed by atoms with Crippen molar-refractivity contribution < 1.29 is 0 Å². The zero-order valence-electron chi connectivity index (χ0n) is 6.70. The molecule has 0 aliphatic carbocycles. The van der Waals surface area contributed by atoms with E-state index in [0.29, 0.717) is 0 Å². The lowest BCUT2D eigenvalue weighted by Gasteiger charge is -1.97. The van der Waals surface area contributed by atoms with E-state index < -0.39 is 0 Å². The summed E-state index contributed by atoms with van der Waals surface area (Å²) in [4.78, 5) is 0. The van der Waals surface area contributed by atoms with Crippen molar-refractivity contribution in [2.75, 3.05) is 0 Å². The minimum atomic E-state index is 1.23. The summed E-state index contributed by atoms with van der Waals surface area (Å²) in [5.41, 5.74) is 3.80. The highest BCUT2D eigenvalue weighted by Crippen LogP contribution is 2.13. The van der Waals surface area contributed by atoms with E-state index in [1.165, 1.54) is 16.6 Å². The average Bonchev–Trinajstić information content (AvgIpc) is 2.34. The molecule has 2 rings (SSSR count). The van der Waals surface area contributed by atoms with Gasteiger partial charge in [0.05, 0.1) is 5.52 Å². The first-order valence-electron chi connectivity index (χ1n) is 3.68. The van der Waals surface area contributed by atoms with Crippen molar-refractivity contribution in [3.8, 4) is 0 Å². The summed E-state index contributed by atoms with van der Waals surface area (Å²) in [6.45, 7) is 4.20. The second-order valence-corrected chi connectivity index (χ2v) is 2.81. The Hall–Kier alpha value is -1.31. The molecule has 2 aromatic rings. The van der Waals surface area contributed by atoms with Crippen LogP contribution in [-0.4, -0.2) is 9.61 Å². The molecule has 0 radical (unpaired) electrons. The van der Waals surface area contributed by atoms with Gasteiger partial charge < -0.3 is 0 Å². The normalized spacial score (nSPS) is 10.7. The second-order valence-electron chi connectivity index (χ2n) is 2.81. The molecule has 11 heavy (non-hydrogen) atoms. The maximum Gasteiger partial charge on any atom is 0.0704 e. The van der Waals surface area contributed by atoms with Crippen LogP contribution in [0.4, 0.5) is 0 Å². The highest BCUT2D eigenvalue weighted by atomic mass is 15.2. The number of aryl methyl sites for hydroxylation is 2. The third-order valence-electron chi connectivity index (χ3n) is 1.96.